The predicted octanol–water partition coefficient (Wildman–Crippen LogP) is 0.271. The molecule has 6 nitrogen and oxygen atoms in total. The highest BCUT2D eigenvalue weighted by atomic mass is 32.2. The van der Waals surface area contributed by atoms with Crippen LogP contribution in [0.25, 0.3) is 0 Å². The lowest BCUT2D eigenvalue weighted by atomic mass is 10.2. The molecule has 1 amide bonds. The van der Waals surface area contributed by atoms with E-state index >= 15 is 0 Å². The van der Waals surface area contributed by atoms with Gasteiger partial charge in [-0.1, -0.05) is 11.8 Å². The second-order valence-electron chi connectivity index (χ2n) is 4.76. The van der Waals surface area contributed by atoms with Crippen LogP contribution >= 0.6 is 0 Å². The average molecular weight is 294 g/mol. The van der Waals surface area contributed by atoms with E-state index in [9.17, 15) is 13.2 Å². The molecular formula is C13H14N2O4S. The van der Waals surface area contributed by atoms with Gasteiger partial charge in [-0.2, -0.15) is 4.31 Å². The van der Waals surface area contributed by atoms with Gasteiger partial charge in [-0.25, -0.2) is 13.4 Å². The number of amides is 1. The maximum Gasteiger partial charge on any atom is 0.264 e. The second-order valence-corrected chi connectivity index (χ2v) is 7.10. The minimum absolute atomic E-state index is 0.0435. The standard InChI is InChI=1S/C13H14N2O4S/c1-13(2)12(17)15(20(13,18)19)11-9-10(6-7-14-11)5-3-4-8-16/h6-7,9,16H,4,8H2,1-2H3. The van der Waals surface area contributed by atoms with Crippen molar-refractivity contribution < 1.29 is 18.3 Å². The van der Waals surface area contributed by atoms with Crippen LogP contribution in [0.1, 0.15) is 25.8 Å². The molecule has 1 N–H and O–H groups in total. The highest BCUT2D eigenvalue weighted by molar-refractivity contribution is 7.98. The number of carbonyl (C=O) groups is 1. The molecule has 1 aromatic heterocycles. The fourth-order valence-electron chi connectivity index (χ4n) is 1.71. The van der Waals surface area contributed by atoms with E-state index in [1.165, 1.54) is 26.1 Å². The number of pyridine rings is 1. The Labute approximate surface area is 117 Å². The monoisotopic (exact) mass is 294 g/mol. The first-order valence-electron chi connectivity index (χ1n) is 5.97. The van der Waals surface area contributed by atoms with Gasteiger partial charge in [0.15, 0.2) is 10.6 Å². The predicted molar refractivity (Wildman–Crippen MR) is 73.3 cm³/mol. The van der Waals surface area contributed by atoms with E-state index in [1.54, 1.807) is 6.07 Å². The van der Waals surface area contributed by atoms with Crippen molar-refractivity contribution in [3.8, 4) is 11.8 Å². The van der Waals surface area contributed by atoms with E-state index < -0.39 is 20.7 Å². The van der Waals surface area contributed by atoms with E-state index in [4.69, 9.17) is 5.11 Å². The number of anilines is 1. The van der Waals surface area contributed by atoms with Crippen LogP contribution in [0, 0.1) is 11.8 Å². The molecule has 0 bridgehead atoms. The molecule has 1 saturated heterocycles. The van der Waals surface area contributed by atoms with E-state index in [-0.39, 0.29) is 12.4 Å². The molecule has 0 spiro atoms. The third-order valence-corrected chi connectivity index (χ3v) is 5.31. The van der Waals surface area contributed by atoms with Crippen molar-refractivity contribution >= 4 is 21.7 Å². The number of aliphatic hydroxyl groups excluding tert-OH is 1. The normalized spacial score (nSPS) is 18.9. The van der Waals surface area contributed by atoms with Crippen LogP contribution in [0.5, 0.6) is 0 Å². The molecule has 0 aliphatic carbocycles. The molecule has 1 aliphatic heterocycles. The van der Waals surface area contributed by atoms with Gasteiger partial charge in [0.1, 0.15) is 0 Å². The number of nitrogens with zero attached hydrogens (tertiary/aromatic N) is 2. The molecule has 0 unspecified atom stereocenters. The topological polar surface area (TPSA) is 87.6 Å². The minimum atomic E-state index is -3.71. The average Bonchev–Trinajstić information content (AvgIpc) is 2.39. The van der Waals surface area contributed by atoms with Crippen molar-refractivity contribution in [1.29, 1.82) is 0 Å². The molecule has 1 aliphatic rings. The summed E-state index contributed by atoms with van der Waals surface area (Å²) in [5.74, 6) is 5.03. The van der Waals surface area contributed by atoms with Crippen molar-refractivity contribution in [2.24, 2.45) is 0 Å². The number of aliphatic hydroxyl groups is 1. The lowest BCUT2D eigenvalue weighted by Crippen LogP contribution is -2.67. The number of hydrogen-bond donors (Lipinski definition) is 1. The van der Waals surface area contributed by atoms with Crippen LogP contribution in [0.4, 0.5) is 5.82 Å². The summed E-state index contributed by atoms with van der Waals surface area (Å²) in [4.78, 5) is 15.8. The number of rotatable bonds is 2. The van der Waals surface area contributed by atoms with Crippen LogP contribution in [0.15, 0.2) is 18.3 Å². The van der Waals surface area contributed by atoms with Gasteiger partial charge < -0.3 is 5.11 Å². The highest BCUT2D eigenvalue weighted by Gasteiger charge is 2.61. The van der Waals surface area contributed by atoms with Gasteiger partial charge in [-0.15, -0.1) is 0 Å². The third-order valence-electron chi connectivity index (χ3n) is 3.01. The lowest BCUT2D eigenvalue weighted by molar-refractivity contribution is -0.120. The molecule has 20 heavy (non-hydrogen) atoms. The van der Waals surface area contributed by atoms with Gasteiger partial charge in [0.2, 0.25) is 0 Å². The molecule has 7 heteroatoms. The summed E-state index contributed by atoms with van der Waals surface area (Å²) in [5.41, 5.74) is 0.538. The molecule has 0 saturated carbocycles. The van der Waals surface area contributed by atoms with Crippen molar-refractivity contribution in [2.75, 3.05) is 10.9 Å². The summed E-state index contributed by atoms with van der Waals surface area (Å²) in [5, 5.41) is 8.65. The molecule has 0 aromatic carbocycles. The Morgan fingerprint density at radius 3 is 2.75 bits per heavy atom. The largest absolute Gasteiger partial charge is 0.395 e. The third kappa shape index (κ3) is 2.07. The molecule has 1 fully saturated rings. The van der Waals surface area contributed by atoms with Crippen molar-refractivity contribution in [3.63, 3.8) is 0 Å². The zero-order valence-corrected chi connectivity index (χ0v) is 11.9. The maximum absolute atomic E-state index is 12.0. The number of carbonyl (C=O) groups excluding carboxylic acids is 1. The van der Waals surface area contributed by atoms with Gasteiger partial charge in [-0.05, 0) is 26.0 Å². The van der Waals surface area contributed by atoms with Crippen molar-refractivity contribution in [1.82, 2.24) is 4.98 Å². The molecule has 106 valence electrons. The Bertz CT molecular complexity index is 713. The Morgan fingerprint density at radius 2 is 2.15 bits per heavy atom. The first-order chi connectivity index (χ1) is 9.32. The molecular weight excluding hydrogens is 280 g/mol. The quantitative estimate of drug-likeness (QED) is 0.791. The van der Waals surface area contributed by atoms with Crippen molar-refractivity contribution in [3.05, 3.63) is 23.9 Å². The fraction of sp³-hybridized carbons (Fsp3) is 0.385. The summed E-state index contributed by atoms with van der Waals surface area (Å²) in [7, 11) is -3.71. The smallest absolute Gasteiger partial charge is 0.264 e. The zero-order chi connectivity index (χ0) is 15.0. The van der Waals surface area contributed by atoms with Gasteiger partial charge in [0.05, 0.1) is 6.61 Å². The second kappa shape index (κ2) is 4.89. The summed E-state index contributed by atoms with van der Waals surface area (Å²) in [6.07, 6.45) is 1.72. The van der Waals surface area contributed by atoms with Gasteiger partial charge in [0, 0.05) is 18.2 Å². The Morgan fingerprint density at radius 1 is 1.45 bits per heavy atom. The van der Waals surface area contributed by atoms with Crippen LogP contribution in [-0.2, 0) is 14.8 Å². The summed E-state index contributed by atoms with van der Waals surface area (Å²) in [6.45, 7) is 2.69. The lowest BCUT2D eigenvalue weighted by Gasteiger charge is -2.42. The van der Waals surface area contributed by atoms with Crippen LogP contribution in [-0.4, -0.2) is 35.8 Å². The summed E-state index contributed by atoms with van der Waals surface area (Å²) < 4.78 is 23.4. The Balaban J connectivity index is 2.35. The van der Waals surface area contributed by atoms with E-state index in [0.717, 1.165) is 0 Å². The maximum atomic E-state index is 12.0. The SMILES string of the molecule is CC1(C)C(=O)N(c2cc(C#CCCO)ccn2)S1(=O)=O. The van der Waals surface area contributed by atoms with Crippen molar-refractivity contribution in [2.45, 2.75) is 25.0 Å². The Kier molecular flexibility index (Phi) is 3.54. The first kappa shape index (κ1) is 14.5. The number of sulfonamides is 1. The van der Waals surface area contributed by atoms with E-state index in [1.807, 2.05) is 0 Å². The first-order valence-corrected chi connectivity index (χ1v) is 7.41. The van der Waals surface area contributed by atoms with Gasteiger partial charge in [0.25, 0.3) is 15.9 Å². The molecule has 0 radical (unpaired) electrons. The van der Waals surface area contributed by atoms with Gasteiger partial charge >= 0.3 is 0 Å². The summed E-state index contributed by atoms with van der Waals surface area (Å²) >= 11 is 0. The zero-order valence-electron chi connectivity index (χ0n) is 11.1. The molecule has 0 atom stereocenters. The van der Waals surface area contributed by atoms with E-state index in [0.29, 0.717) is 16.3 Å². The molecule has 1 aromatic rings. The van der Waals surface area contributed by atoms with Gasteiger partial charge in [-0.3, -0.25) is 4.79 Å². The molecule has 2 heterocycles. The fourth-order valence-corrected chi connectivity index (χ4v) is 3.14. The number of hydrogen-bond acceptors (Lipinski definition) is 5. The van der Waals surface area contributed by atoms with E-state index in [2.05, 4.69) is 16.8 Å². The van der Waals surface area contributed by atoms with Crippen LogP contribution in [0.3, 0.4) is 0 Å². The molecule has 2 rings (SSSR count). The minimum Gasteiger partial charge on any atom is -0.395 e. The van der Waals surface area contributed by atoms with Crippen LogP contribution < -0.4 is 4.31 Å². The van der Waals surface area contributed by atoms with Crippen LogP contribution in [0.2, 0.25) is 0 Å². The highest BCUT2D eigenvalue weighted by Crippen LogP contribution is 2.38. The summed E-state index contributed by atoms with van der Waals surface area (Å²) in [6, 6.07) is 3.05. The number of aromatic nitrogens is 1. The Hall–Kier alpha value is -1.91.